The number of rotatable bonds is 39. The van der Waals surface area contributed by atoms with Crippen molar-refractivity contribution in [1.82, 2.24) is 0 Å². The number of ether oxygens (including phenoxy) is 2. The minimum absolute atomic E-state index is 0.0744. The zero-order chi connectivity index (χ0) is 47.3. The number of aliphatic hydroxyl groups excluding tert-OH is 6. The van der Waals surface area contributed by atoms with Gasteiger partial charge in [-0.15, -0.1) is 0 Å². The minimum atomic E-state index is -5.14. The van der Waals surface area contributed by atoms with Crippen molar-refractivity contribution in [3.63, 3.8) is 0 Å². The highest BCUT2D eigenvalue weighted by molar-refractivity contribution is 7.47. The molecule has 0 amide bonds. The first-order valence-corrected chi connectivity index (χ1v) is 25.7. The fourth-order valence-electron chi connectivity index (χ4n) is 7.00. The number of phosphoric ester groups is 1. The van der Waals surface area contributed by atoms with E-state index in [0.717, 1.165) is 77.0 Å². The quantitative estimate of drug-likeness (QED) is 0.0101. The number of allylic oxidation sites excluding steroid dienone is 8. The summed E-state index contributed by atoms with van der Waals surface area (Å²) in [6.07, 6.45) is 30.2. The molecule has 1 rings (SSSR count). The van der Waals surface area contributed by atoms with Crippen LogP contribution in [-0.2, 0) is 32.7 Å². The fourth-order valence-corrected chi connectivity index (χ4v) is 7.97. The molecule has 0 aromatic rings. The van der Waals surface area contributed by atoms with E-state index in [9.17, 15) is 49.7 Å². The van der Waals surface area contributed by atoms with Crippen LogP contribution in [0.3, 0.4) is 0 Å². The van der Waals surface area contributed by atoms with Crippen molar-refractivity contribution >= 4 is 19.8 Å². The normalized spacial score (nSPS) is 22.6. The smallest absolute Gasteiger partial charge is 0.462 e. The Balaban J connectivity index is 2.46. The van der Waals surface area contributed by atoms with E-state index in [1.165, 1.54) is 51.4 Å². The standard InChI is InChI=1S/C49H85O14P/c1-3-5-7-8-9-10-11-12-13-14-15-16-17-18-19-22-26-29-33-37-43(52)62-41(39-61-64(58,59)63-49-47(56)45(54)44(53)46(55)48(49)57)38-60-42(51)36-32-28-25-23-20-21-24-27-31-35-40(50)34-30-6-4-2/h6,9-10,12-13,24,27,30-31,35,40-41,44-50,53-57H,3-5,7-8,11,14-23,25-26,28-29,32-34,36-39H2,1-2H3,(H,58,59)/b10-9-,13-12-,27-24+,30-6+,35-31+/t40?,41-,44?,45-,46+,47-,48-,49?/m1/s1. The molecule has 64 heavy (non-hydrogen) atoms. The lowest BCUT2D eigenvalue weighted by Crippen LogP contribution is -2.64. The summed E-state index contributed by atoms with van der Waals surface area (Å²) < 4.78 is 33.5. The molecule has 1 aliphatic carbocycles. The third-order valence-electron chi connectivity index (χ3n) is 10.9. The number of hydrogen-bond donors (Lipinski definition) is 7. The van der Waals surface area contributed by atoms with Crippen LogP contribution >= 0.6 is 7.82 Å². The number of carbonyl (C=O) groups is 2. The molecule has 0 heterocycles. The average molecular weight is 929 g/mol. The highest BCUT2D eigenvalue weighted by atomic mass is 31.2. The molecule has 15 heteroatoms. The highest BCUT2D eigenvalue weighted by Crippen LogP contribution is 2.47. The van der Waals surface area contributed by atoms with E-state index in [-0.39, 0.29) is 12.8 Å². The summed E-state index contributed by atoms with van der Waals surface area (Å²) in [5.74, 6) is -1.16. The van der Waals surface area contributed by atoms with Gasteiger partial charge >= 0.3 is 19.8 Å². The van der Waals surface area contributed by atoms with Crippen molar-refractivity contribution in [3.05, 3.63) is 60.8 Å². The van der Waals surface area contributed by atoms with Crippen LogP contribution < -0.4 is 0 Å². The summed E-state index contributed by atoms with van der Waals surface area (Å²) in [4.78, 5) is 35.8. The highest BCUT2D eigenvalue weighted by Gasteiger charge is 2.51. The first-order chi connectivity index (χ1) is 30.8. The molecule has 0 aliphatic heterocycles. The van der Waals surface area contributed by atoms with Gasteiger partial charge in [0.25, 0.3) is 0 Å². The predicted molar refractivity (Wildman–Crippen MR) is 250 cm³/mol. The van der Waals surface area contributed by atoms with Gasteiger partial charge in [0.1, 0.15) is 43.2 Å². The van der Waals surface area contributed by atoms with Gasteiger partial charge in [-0.2, -0.15) is 0 Å². The molecule has 14 nitrogen and oxygen atoms in total. The van der Waals surface area contributed by atoms with E-state index < -0.39 is 81.8 Å². The lowest BCUT2D eigenvalue weighted by atomic mass is 9.85. The lowest BCUT2D eigenvalue weighted by Gasteiger charge is -2.41. The molecule has 1 aliphatic rings. The Bertz CT molecular complexity index is 1370. The topological polar surface area (TPSA) is 230 Å². The summed E-state index contributed by atoms with van der Waals surface area (Å²) in [7, 11) is -5.14. The molecular weight excluding hydrogens is 843 g/mol. The van der Waals surface area contributed by atoms with Gasteiger partial charge in [-0.3, -0.25) is 18.6 Å². The molecular formula is C49H85O14P. The first-order valence-electron chi connectivity index (χ1n) is 24.2. The van der Waals surface area contributed by atoms with Crippen molar-refractivity contribution < 1.29 is 68.2 Å². The SMILES string of the molecule is CC/C=C/CC(O)/C=C/C=C/CCCCCCCC(=O)OC[C@H](COP(=O)(O)OC1[C@H](O)[C@H](O)C(O)[C@H](O)[C@H]1O)OC(=O)CCCCCCCCCCC/C=C\C/C=C\CCCCC. The van der Waals surface area contributed by atoms with Crippen LogP contribution in [0.25, 0.3) is 0 Å². The van der Waals surface area contributed by atoms with Crippen molar-refractivity contribution in [3.8, 4) is 0 Å². The minimum Gasteiger partial charge on any atom is -0.462 e. The lowest BCUT2D eigenvalue weighted by molar-refractivity contribution is -0.220. The van der Waals surface area contributed by atoms with Crippen LogP contribution in [0.4, 0.5) is 0 Å². The molecule has 0 radical (unpaired) electrons. The van der Waals surface area contributed by atoms with Gasteiger partial charge in [0.05, 0.1) is 12.7 Å². The van der Waals surface area contributed by atoms with Crippen LogP contribution in [-0.4, -0.2) is 110 Å². The Hall–Kier alpha value is -2.49. The maximum atomic E-state index is 12.8. The Labute approximate surface area is 384 Å². The average Bonchev–Trinajstić information content (AvgIpc) is 3.27. The monoisotopic (exact) mass is 929 g/mol. The van der Waals surface area contributed by atoms with Gasteiger partial charge in [-0.25, -0.2) is 4.57 Å². The Morgan fingerprint density at radius 1 is 0.578 bits per heavy atom. The molecule has 4 unspecified atom stereocenters. The second kappa shape index (κ2) is 38.6. The molecule has 370 valence electrons. The number of hydrogen-bond acceptors (Lipinski definition) is 13. The van der Waals surface area contributed by atoms with E-state index in [2.05, 4.69) is 37.3 Å². The second-order valence-corrected chi connectivity index (χ2v) is 18.2. The molecule has 1 fully saturated rings. The maximum Gasteiger partial charge on any atom is 0.472 e. The molecule has 0 saturated heterocycles. The summed E-state index contributed by atoms with van der Waals surface area (Å²) >= 11 is 0. The Morgan fingerprint density at radius 3 is 1.64 bits per heavy atom. The summed E-state index contributed by atoms with van der Waals surface area (Å²) in [5, 5.41) is 60.1. The molecule has 0 aromatic heterocycles. The van der Waals surface area contributed by atoms with Crippen molar-refractivity contribution in [2.75, 3.05) is 13.2 Å². The van der Waals surface area contributed by atoms with Gasteiger partial charge in [0.2, 0.25) is 0 Å². The molecule has 0 spiro atoms. The predicted octanol–water partition coefficient (Wildman–Crippen LogP) is 8.70. The van der Waals surface area contributed by atoms with Crippen molar-refractivity contribution in [2.45, 2.75) is 223 Å². The van der Waals surface area contributed by atoms with Gasteiger partial charge < -0.3 is 45.0 Å². The third-order valence-corrected chi connectivity index (χ3v) is 11.9. The van der Waals surface area contributed by atoms with Crippen LogP contribution in [0.5, 0.6) is 0 Å². The van der Waals surface area contributed by atoms with E-state index in [0.29, 0.717) is 19.3 Å². The largest absolute Gasteiger partial charge is 0.472 e. The number of esters is 2. The zero-order valence-corrected chi connectivity index (χ0v) is 39.8. The number of phosphoric acid groups is 1. The van der Waals surface area contributed by atoms with E-state index in [1.807, 2.05) is 31.2 Å². The number of carbonyl (C=O) groups excluding carboxylic acids is 2. The fraction of sp³-hybridized carbons (Fsp3) is 0.755. The van der Waals surface area contributed by atoms with Crippen LogP contribution in [0, 0.1) is 0 Å². The zero-order valence-electron chi connectivity index (χ0n) is 38.9. The van der Waals surface area contributed by atoms with Gasteiger partial charge in [0, 0.05) is 12.8 Å². The maximum absolute atomic E-state index is 12.8. The second-order valence-electron chi connectivity index (χ2n) is 16.8. The molecule has 7 N–H and O–H groups in total. The number of unbranched alkanes of at least 4 members (excludes halogenated alkanes) is 17. The first kappa shape index (κ1) is 59.5. The van der Waals surface area contributed by atoms with Gasteiger partial charge in [0.15, 0.2) is 6.10 Å². The van der Waals surface area contributed by atoms with Gasteiger partial charge in [-0.1, -0.05) is 152 Å². The van der Waals surface area contributed by atoms with Gasteiger partial charge in [-0.05, 0) is 70.6 Å². The van der Waals surface area contributed by atoms with Crippen molar-refractivity contribution in [2.24, 2.45) is 0 Å². The van der Waals surface area contributed by atoms with Crippen LogP contribution in [0.15, 0.2) is 60.8 Å². The van der Waals surface area contributed by atoms with Crippen LogP contribution in [0.1, 0.15) is 174 Å². The van der Waals surface area contributed by atoms with Crippen LogP contribution in [0.2, 0.25) is 0 Å². The van der Waals surface area contributed by atoms with E-state index >= 15 is 0 Å². The van der Waals surface area contributed by atoms with E-state index in [4.69, 9.17) is 18.5 Å². The molecule has 0 aromatic carbocycles. The molecule has 9 atom stereocenters. The molecule has 0 bridgehead atoms. The Morgan fingerprint density at radius 2 is 1.08 bits per heavy atom. The Kier molecular flexibility index (Phi) is 35.9. The summed E-state index contributed by atoms with van der Waals surface area (Å²) in [5.41, 5.74) is 0. The van der Waals surface area contributed by atoms with E-state index in [1.54, 1.807) is 6.08 Å². The summed E-state index contributed by atoms with van der Waals surface area (Å²) in [6, 6.07) is 0. The summed E-state index contributed by atoms with van der Waals surface area (Å²) in [6.45, 7) is 3.04. The molecule has 1 saturated carbocycles. The number of aliphatic hydroxyl groups is 6. The van der Waals surface area contributed by atoms with Crippen molar-refractivity contribution in [1.29, 1.82) is 0 Å². The third kappa shape index (κ3) is 30.7.